The van der Waals surface area contributed by atoms with E-state index in [9.17, 15) is 9.90 Å². The lowest BCUT2D eigenvalue weighted by Crippen LogP contribution is -2.17. The molecule has 0 saturated carbocycles. The smallest absolute Gasteiger partial charge is 0.271 e. The quantitative estimate of drug-likeness (QED) is 0.496. The number of rotatable bonds is 5. The molecule has 2 aromatic rings. The van der Waals surface area contributed by atoms with Crippen molar-refractivity contribution in [1.82, 2.24) is 5.43 Å². The van der Waals surface area contributed by atoms with Gasteiger partial charge in [-0.15, -0.1) is 0 Å². The van der Waals surface area contributed by atoms with Gasteiger partial charge in [0.1, 0.15) is 0 Å². The first-order chi connectivity index (χ1) is 12.5. The number of aromatic hydroxyl groups is 1. The molecule has 0 atom stereocenters. The van der Waals surface area contributed by atoms with Crippen LogP contribution in [0, 0.1) is 0 Å². The van der Waals surface area contributed by atoms with Crippen molar-refractivity contribution in [3.63, 3.8) is 0 Å². The Morgan fingerprint density at radius 2 is 2.08 bits per heavy atom. The lowest BCUT2D eigenvalue weighted by Gasteiger charge is -2.10. The summed E-state index contributed by atoms with van der Waals surface area (Å²) in [4.78, 5) is 12.2. The molecule has 1 aliphatic heterocycles. The fourth-order valence-corrected chi connectivity index (χ4v) is 3.06. The Morgan fingerprint density at radius 3 is 2.85 bits per heavy atom. The van der Waals surface area contributed by atoms with E-state index in [-0.39, 0.29) is 12.5 Å². The van der Waals surface area contributed by atoms with Crippen molar-refractivity contribution in [1.29, 1.82) is 0 Å². The fourth-order valence-electron chi connectivity index (χ4n) is 2.23. The second-order valence-electron chi connectivity index (χ2n) is 5.14. The maximum atomic E-state index is 12.2. The van der Waals surface area contributed by atoms with Gasteiger partial charge in [0.05, 0.1) is 17.3 Å². The molecule has 26 heavy (non-hydrogen) atoms. The molecule has 0 saturated heterocycles. The van der Waals surface area contributed by atoms with Crippen molar-refractivity contribution in [2.45, 2.75) is 6.92 Å². The highest BCUT2D eigenvalue weighted by atomic mass is 79.9. The van der Waals surface area contributed by atoms with Crippen LogP contribution in [0.2, 0.25) is 0 Å². The lowest BCUT2D eigenvalue weighted by atomic mass is 10.2. The van der Waals surface area contributed by atoms with Gasteiger partial charge in [-0.25, -0.2) is 5.43 Å². The number of hydrogen-bond donors (Lipinski definition) is 2. The maximum Gasteiger partial charge on any atom is 0.271 e. The van der Waals surface area contributed by atoms with E-state index >= 15 is 0 Å². The van der Waals surface area contributed by atoms with Gasteiger partial charge in [-0.3, -0.25) is 4.79 Å². The summed E-state index contributed by atoms with van der Waals surface area (Å²) in [5.41, 5.74) is 3.46. The van der Waals surface area contributed by atoms with Gasteiger partial charge in [-0.1, -0.05) is 0 Å². The summed E-state index contributed by atoms with van der Waals surface area (Å²) in [6.45, 7) is 2.36. The molecule has 1 aliphatic rings. The molecule has 3 rings (SSSR count). The first-order valence-corrected chi connectivity index (χ1v) is 9.16. The minimum atomic E-state index is -0.390. The first-order valence-electron chi connectivity index (χ1n) is 7.58. The zero-order chi connectivity index (χ0) is 18.7. The number of nitrogens with zero attached hydrogens (tertiary/aromatic N) is 1. The summed E-state index contributed by atoms with van der Waals surface area (Å²) in [6.07, 6.45) is 1.45. The second-order valence-corrected chi connectivity index (χ2v) is 6.73. The topological polar surface area (TPSA) is 89.4 Å². The Labute approximate surface area is 166 Å². The van der Waals surface area contributed by atoms with Gasteiger partial charge in [-0.2, -0.15) is 5.10 Å². The molecule has 136 valence electrons. The average molecular weight is 486 g/mol. The van der Waals surface area contributed by atoms with Crippen LogP contribution in [0.25, 0.3) is 0 Å². The number of halogens is 2. The molecular formula is C17H14Br2N2O5. The number of amides is 1. The maximum absolute atomic E-state index is 12.2. The molecule has 0 aliphatic carbocycles. The molecule has 0 fully saturated rings. The van der Waals surface area contributed by atoms with Gasteiger partial charge < -0.3 is 19.3 Å². The van der Waals surface area contributed by atoms with E-state index in [4.69, 9.17) is 14.2 Å². The van der Waals surface area contributed by atoms with Crippen LogP contribution in [0.5, 0.6) is 23.0 Å². The summed E-state index contributed by atoms with van der Waals surface area (Å²) in [5, 5.41) is 14.0. The van der Waals surface area contributed by atoms with E-state index in [1.807, 2.05) is 6.92 Å². The third-order valence-corrected chi connectivity index (χ3v) is 5.64. The summed E-state index contributed by atoms with van der Waals surface area (Å²) in [5.74, 6) is 1.03. The van der Waals surface area contributed by atoms with E-state index in [0.29, 0.717) is 43.9 Å². The van der Waals surface area contributed by atoms with Crippen LogP contribution in [0.3, 0.4) is 0 Å². The largest absolute Gasteiger partial charge is 0.503 e. The SMILES string of the molecule is CCOc1cc(/C=N\NC(=O)c2ccc3c(c2)OCO3)c(Br)c(Br)c1O. The number of nitrogens with one attached hydrogen (secondary N) is 1. The van der Waals surface area contributed by atoms with Crippen LogP contribution in [0.4, 0.5) is 0 Å². The number of phenolic OH excluding ortho intramolecular Hbond substituents is 1. The third-order valence-electron chi connectivity index (χ3n) is 3.48. The molecule has 0 radical (unpaired) electrons. The van der Waals surface area contributed by atoms with Crippen LogP contribution < -0.4 is 19.6 Å². The molecule has 2 N–H and O–H groups in total. The van der Waals surface area contributed by atoms with Gasteiger partial charge in [0.15, 0.2) is 23.0 Å². The standard InChI is InChI=1S/C17H14Br2N2O5/c1-2-24-13-6-10(14(18)15(19)16(13)22)7-20-21-17(23)9-3-4-11-12(5-9)26-8-25-11/h3-7,22H,2,8H2,1H3,(H,21,23)/b20-7-. The van der Waals surface area contributed by atoms with Crippen molar-refractivity contribution >= 4 is 44.0 Å². The van der Waals surface area contributed by atoms with Gasteiger partial charge >= 0.3 is 0 Å². The van der Waals surface area contributed by atoms with Gasteiger partial charge in [0.25, 0.3) is 5.91 Å². The molecule has 7 nitrogen and oxygen atoms in total. The van der Waals surface area contributed by atoms with Crippen LogP contribution >= 0.6 is 31.9 Å². The third kappa shape index (κ3) is 3.78. The predicted molar refractivity (Wildman–Crippen MR) is 102 cm³/mol. The van der Waals surface area contributed by atoms with Crippen LogP contribution in [0.15, 0.2) is 38.3 Å². The highest BCUT2D eigenvalue weighted by Crippen LogP contribution is 2.41. The summed E-state index contributed by atoms with van der Waals surface area (Å²) in [7, 11) is 0. The van der Waals surface area contributed by atoms with Crippen molar-refractivity contribution in [3.8, 4) is 23.0 Å². The average Bonchev–Trinajstić information content (AvgIpc) is 3.11. The summed E-state index contributed by atoms with van der Waals surface area (Å²) >= 11 is 6.65. The zero-order valence-electron chi connectivity index (χ0n) is 13.6. The number of ether oxygens (including phenoxy) is 3. The lowest BCUT2D eigenvalue weighted by molar-refractivity contribution is 0.0954. The second kappa shape index (κ2) is 7.96. The number of phenols is 1. The number of carbonyl (C=O) groups excluding carboxylic acids is 1. The van der Waals surface area contributed by atoms with E-state index in [1.165, 1.54) is 6.21 Å². The number of hydrazone groups is 1. The first kappa shape index (κ1) is 18.5. The van der Waals surface area contributed by atoms with E-state index < -0.39 is 5.91 Å². The molecule has 0 bridgehead atoms. The highest BCUT2D eigenvalue weighted by molar-refractivity contribution is 9.13. The Bertz CT molecular complexity index is 886. The van der Waals surface area contributed by atoms with Crippen LogP contribution in [0.1, 0.15) is 22.8 Å². The minimum Gasteiger partial charge on any atom is -0.503 e. The van der Waals surface area contributed by atoms with Crippen molar-refractivity contribution in [2.24, 2.45) is 5.10 Å². The van der Waals surface area contributed by atoms with Gasteiger partial charge in [-0.05, 0) is 63.0 Å². The zero-order valence-corrected chi connectivity index (χ0v) is 16.8. The van der Waals surface area contributed by atoms with Crippen molar-refractivity contribution in [3.05, 3.63) is 44.3 Å². The van der Waals surface area contributed by atoms with Crippen molar-refractivity contribution < 1.29 is 24.1 Å². The Morgan fingerprint density at radius 1 is 1.31 bits per heavy atom. The molecular weight excluding hydrogens is 472 g/mol. The minimum absolute atomic E-state index is 0.0136. The fraction of sp³-hybridized carbons (Fsp3) is 0.176. The van der Waals surface area contributed by atoms with Crippen molar-refractivity contribution in [2.75, 3.05) is 13.4 Å². The normalized spacial score (nSPS) is 12.4. The van der Waals surface area contributed by atoms with E-state index in [2.05, 4.69) is 42.4 Å². The van der Waals surface area contributed by atoms with Gasteiger partial charge in [0, 0.05) is 15.6 Å². The molecule has 1 amide bonds. The Kier molecular flexibility index (Phi) is 5.67. The molecule has 2 aromatic carbocycles. The number of hydrogen-bond acceptors (Lipinski definition) is 6. The molecule has 1 heterocycles. The van der Waals surface area contributed by atoms with Crippen LogP contribution in [-0.2, 0) is 0 Å². The number of fused-ring (bicyclic) bond motifs is 1. The molecule has 0 aromatic heterocycles. The van der Waals surface area contributed by atoms with Crippen LogP contribution in [-0.4, -0.2) is 30.6 Å². The number of benzene rings is 2. The monoisotopic (exact) mass is 484 g/mol. The molecule has 9 heteroatoms. The van der Waals surface area contributed by atoms with E-state index in [0.717, 1.165) is 0 Å². The number of carbonyl (C=O) groups is 1. The molecule has 0 unspecified atom stereocenters. The van der Waals surface area contributed by atoms with Gasteiger partial charge in [0.2, 0.25) is 6.79 Å². The predicted octanol–water partition coefficient (Wildman–Crippen LogP) is 3.81. The Balaban J connectivity index is 1.75. The molecule has 0 spiro atoms. The summed E-state index contributed by atoms with van der Waals surface area (Å²) in [6, 6.07) is 6.50. The van der Waals surface area contributed by atoms with E-state index in [1.54, 1.807) is 24.3 Å². The Hall–Kier alpha value is -2.26. The highest BCUT2D eigenvalue weighted by Gasteiger charge is 2.16. The summed E-state index contributed by atoms with van der Waals surface area (Å²) < 4.78 is 16.9.